The van der Waals surface area contributed by atoms with E-state index in [0.717, 1.165) is 24.3 Å². The third-order valence-electron chi connectivity index (χ3n) is 6.70. The minimum atomic E-state index is -0.703. The van der Waals surface area contributed by atoms with Gasteiger partial charge in [0.05, 0.1) is 16.7 Å². The van der Waals surface area contributed by atoms with Crippen LogP contribution in [0.5, 0.6) is 0 Å². The van der Waals surface area contributed by atoms with Crippen molar-refractivity contribution in [3.05, 3.63) is 28.7 Å². The number of amides is 3. The van der Waals surface area contributed by atoms with Gasteiger partial charge < -0.3 is 14.5 Å². The number of piperidine rings is 1. The molecular formula is C23H29N5O5. The molecule has 1 spiro atoms. The van der Waals surface area contributed by atoms with E-state index in [1.165, 1.54) is 4.57 Å². The smallest absolute Gasteiger partial charge is 0.410 e. The van der Waals surface area contributed by atoms with Crippen LogP contribution in [-0.2, 0) is 21.4 Å². The van der Waals surface area contributed by atoms with Gasteiger partial charge in [0.25, 0.3) is 0 Å². The molecule has 1 atom stereocenters. The number of aromatic nitrogens is 2. The molecule has 10 heteroatoms. The van der Waals surface area contributed by atoms with E-state index in [4.69, 9.17) is 4.74 Å². The van der Waals surface area contributed by atoms with E-state index in [9.17, 15) is 19.2 Å². The molecule has 3 aliphatic rings. The molecule has 2 aromatic rings. The number of fused-ring (bicyclic) bond motifs is 1. The number of imidazole rings is 1. The van der Waals surface area contributed by atoms with E-state index < -0.39 is 17.6 Å². The quantitative estimate of drug-likeness (QED) is 0.686. The van der Waals surface area contributed by atoms with Gasteiger partial charge in [-0.3, -0.25) is 24.0 Å². The average molecular weight is 456 g/mol. The van der Waals surface area contributed by atoms with Crippen molar-refractivity contribution in [1.29, 1.82) is 0 Å². The molecule has 5 rings (SSSR count). The lowest BCUT2D eigenvalue weighted by Gasteiger charge is -2.60. The molecule has 10 nitrogen and oxygen atoms in total. The fraction of sp³-hybridized carbons (Fsp3) is 0.565. The number of rotatable bonds is 2. The first kappa shape index (κ1) is 21.5. The molecular weight excluding hydrogens is 426 g/mol. The molecule has 0 radical (unpaired) electrons. The molecule has 1 aromatic heterocycles. The second-order valence-electron chi connectivity index (χ2n) is 10.5. The summed E-state index contributed by atoms with van der Waals surface area (Å²) in [6.07, 6.45) is 0.237. The van der Waals surface area contributed by atoms with Gasteiger partial charge in [-0.05, 0) is 39.3 Å². The fourth-order valence-corrected chi connectivity index (χ4v) is 5.26. The first-order valence-corrected chi connectivity index (χ1v) is 11.2. The Balaban J connectivity index is 1.36. The van der Waals surface area contributed by atoms with Crippen LogP contribution in [-0.4, -0.2) is 63.7 Å². The minimum absolute atomic E-state index is 0.0458. The number of benzene rings is 1. The van der Waals surface area contributed by atoms with Crippen molar-refractivity contribution in [3.8, 4) is 0 Å². The molecule has 0 bridgehead atoms. The molecule has 0 saturated carbocycles. The van der Waals surface area contributed by atoms with Crippen molar-refractivity contribution in [2.75, 3.05) is 31.1 Å². The van der Waals surface area contributed by atoms with Gasteiger partial charge in [-0.15, -0.1) is 0 Å². The van der Waals surface area contributed by atoms with Crippen molar-refractivity contribution < 1.29 is 19.1 Å². The SMILES string of the molecule is Cn1c(=O)n(C2CCC(=O)NC2=O)c2cccc(N3CC4(CN(C(=O)OC(C)(C)C)C4)C3)c21. The lowest BCUT2D eigenvalue weighted by Crippen LogP contribution is -2.73. The Hall–Kier alpha value is -3.30. The average Bonchev–Trinajstić information content (AvgIpc) is 2.90. The Bertz CT molecular complexity index is 1220. The lowest BCUT2D eigenvalue weighted by molar-refractivity contribution is -0.135. The lowest BCUT2D eigenvalue weighted by atomic mass is 9.72. The Kier molecular flexibility index (Phi) is 4.63. The summed E-state index contributed by atoms with van der Waals surface area (Å²) < 4.78 is 8.54. The molecule has 33 heavy (non-hydrogen) atoms. The Morgan fingerprint density at radius 1 is 1.12 bits per heavy atom. The topological polar surface area (TPSA) is 106 Å². The maximum atomic E-state index is 13.1. The van der Waals surface area contributed by atoms with E-state index in [1.54, 1.807) is 16.5 Å². The number of imide groups is 1. The molecule has 4 heterocycles. The number of anilines is 1. The summed E-state index contributed by atoms with van der Waals surface area (Å²) in [7, 11) is 1.71. The van der Waals surface area contributed by atoms with Gasteiger partial charge in [0, 0.05) is 45.1 Å². The number of aryl methyl sites for hydroxylation is 1. The highest BCUT2D eigenvalue weighted by atomic mass is 16.6. The minimum Gasteiger partial charge on any atom is -0.444 e. The molecule has 3 amide bonds. The molecule has 3 aliphatic heterocycles. The number of nitrogens with zero attached hydrogens (tertiary/aromatic N) is 4. The van der Waals surface area contributed by atoms with Gasteiger partial charge in [0.1, 0.15) is 11.6 Å². The molecule has 1 unspecified atom stereocenters. The zero-order valence-corrected chi connectivity index (χ0v) is 19.4. The van der Waals surface area contributed by atoms with Crippen LogP contribution >= 0.6 is 0 Å². The summed E-state index contributed by atoms with van der Waals surface area (Å²) in [5.41, 5.74) is 1.64. The standard InChI is InChI=1S/C23H29N5O5/c1-22(2,3)33-21(32)27-12-23(13-27)10-26(11-23)14-6-5-7-15-18(14)25(4)20(31)28(15)16-8-9-17(29)24-19(16)30/h5-7,16H,8-13H2,1-4H3,(H,24,29,30). The van der Waals surface area contributed by atoms with E-state index in [0.29, 0.717) is 25.0 Å². The molecule has 0 aliphatic carbocycles. The van der Waals surface area contributed by atoms with Crippen LogP contribution in [0.15, 0.2) is 23.0 Å². The van der Waals surface area contributed by atoms with Crippen LogP contribution in [0, 0.1) is 5.41 Å². The zero-order valence-electron chi connectivity index (χ0n) is 19.4. The summed E-state index contributed by atoms with van der Waals surface area (Å²) in [5, 5.41) is 2.34. The number of carbonyl (C=O) groups excluding carboxylic acids is 3. The Morgan fingerprint density at radius 2 is 1.82 bits per heavy atom. The number of para-hydroxylation sites is 1. The normalized spacial score (nSPS) is 22.2. The monoisotopic (exact) mass is 455 g/mol. The summed E-state index contributed by atoms with van der Waals surface area (Å²) in [6.45, 7) is 8.45. The van der Waals surface area contributed by atoms with Gasteiger partial charge in [0.2, 0.25) is 11.8 Å². The third-order valence-corrected chi connectivity index (χ3v) is 6.70. The van der Waals surface area contributed by atoms with Crippen molar-refractivity contribution in [2.45, 2.75) is 45.3 Å². The van der Waals surface area contributed by atoms with Crippen LogP contribution in [0.1, 0.15) is 39.7 Å². The largest absolute Gasteiger partial charge is 0.444 e. The highest BCUT2D eigenvalue weighted by Gasteiger charge is 2.54. The molecule has 3 saturated heterocycles. The van der Waals surface area contributed by atoms with E-state index >= 15 is 0 Å². The fourth-order valence-electron chi connectivity index (χ4n) is 5.26. The summed E-state index contributed by atoms with van der Waals surface area (Å²) in [5.74, 6) is -0.747. The predicted molar refractivity (Wildman–Crippen MR) is 121 cm³/mol. The van der Waals surface area contributed by atoms with E-state index in [2.05, 4.69) is 10.2 Å². The maximum absolute atomic E-state index is 13.1. The first-order valence-electron chi connectivity index (χ1n) is 11.2. The highest BCUT2D eigenvalue weighted by Crippen LogP contribution is 2.44. The van der Waals surface area contributed by atoms with Crippen LogP contribution in [0.25, 0.3) is 11.0 Å². The second kappa shape index (κ2) is 7.10. The summed E-state index contributed by atoms with van der Waals surface area (Å²) >= 11 is 0. The van der Waals surface area contributed by atoms with E-state index in [-0.39, 0.29) is 29.5 Å². The van der Waals surface area contributed by atoms with Crippen LogP contribution in [0.4, 0.5) is 10.5 Å². The van der Waals surface area contributed by atoms with Gasteiger partial charge in [0.15, 0.2) is 0 Å². The number of carbonyl (C=O) groups is 3. The molecule has 1 N–H and O–H groups in total. The maximum Gasteiger partial charge on any atom is 0.410 e. The van der Waals surface area contributed by atoms with Crippen molar-refractivity contribution in [3.63, 3.8) is 0 Å². The summed E-state index contributed by atoms with van der Waals surface area (Å²) in [4.78, 5) is 53.3. The third kappa shape index (κ3) is 3.48. The molecule has 176 valence electrons. The first-order chi connectivity index (χ1) is 15.5. The van der Waals surface area contributed by atoms with Crippen LogP contribution in [0.3, 0.4) is 0 Å². The van der Waals surface area contributed by atoms with Crippen molar-refractivity contribution in [2.24, 2.45) is 12.5 Å². The van der Waals surface area contributed by atoms with Crippen molar-refractivity contribution in [1.82, 2.24) is 19.4 Å². The van der Waals surface area contributed by atoms with Crippen LogP contribution < -0.4 is 15.9 Å². The van der Waals surface area contributed by atoms with Gasteiger partial charge in [-0.1, -0.05) is 6.07 Å². The number of ether oxygens (including phenoxy) is 1. The predicted octanol–water partition coefficient (Wildman–Crippen LogP) is 1.37. The second-order valence-corrected chi connectivity index (χ2v) is 10.5. The van der Waals surface area contributed by atoms with E-state index in [1.807, 2.05) is 39.0 Å². The van der Waals surface area contributed by atoms with Crippen molar-refractivity contribution >= 4 is 34.6 Å². The van der Waals surface area contributed by atoms with Gasteiger partial charge in [-0.25, -0.2) is 9.59 Å². The number of nitrogens with one attached hydrogen (secondary N) is 1. The number of hydrogen-bond acceptors (Lipinski definition) is 6. The Labute approximate surface area is 191 Å². The number of likely N-dealkylation sites (tertiary alicyclic amines) is 1. The zero-order chi connectivity index (χ0) is 23.7. The number of hydrogen-bond donors (Lipinski definition) is 1. The molecule has 3 fully saturated rings. The summed E-state index contributed by atoms with van der Waals surface area (Å²) in [6, 6.07) is 5.00. The van der Waals surface area contributed by atoms with Crippen LogP contribution in [0.2, 0.25) is 0 Å². The molecule has 1 aromatic carbocycles. The van der Waals surface area contributed by atoms with Gasteiger partial charge in [-0.2, -0.15) is 0 Å². The highest BCUT2D eigenvalue weighted by molar-refractivity contribution is 6.00. The van der Waals surface area contributed by atoms with Gasteiger partial charge >= 0.3 is 11.8 Å². The Morgan fingerprint density at radius 3 is 2.45 bits per heavy atom.